The standard InChI is InChI=1S/C11H12F3NO2S/c1-3-17-10(16)7(2)18-9-5-4-8(6-15-9)11(12,13)14/h4-7H,3H2,1-2H3. The van der Waals surface area contributed by atoms with Crippen LogP contribution >= 0.6 is 11.8 Å². The van der Waals surface area contributed by atoms with Crippen molar-refractivity contribution in [2.45, 2.75) is 30.3 Å². The zero-order valence-corrected chi connectivity index (χ0v) is 10.6. The molecule has 1 unspecified atom stereocenters. The fourth-order valence-electron chi connectivity index (χ4n) is 1.11. The quantitative estimate of drug-likeness (QED) is 0.627. The lowest BCUT2D eigenvalue weighted by Gasteiger charge is -2.10. The third-order valence-electron chi connectivity index (χ3n) is 1.98. The Morgan fingerprint density at radius 1 is 1.50 bits per heavy atom. The van der Waals surface area contributed by atoms with Crippen LogP contribution in [0.5, 0.6) is 0 Å². The molecule has 7 heteroatoms. The van der Waals surface area contributed by atoms with E-state index >= 15 is 0 Å². The molecular weight excluding hydrogens is 267 g/mol. The van der Waals surface area contributed by atoms with Crippen molar-refractivity contribution in [1.29, 1.82) is 0 Å². The zero-order valence-electron chi connectivity index (χ0n) is 9.82. The van der Waals surface area contributed by atoms with Gasteiger partial charge in [0.15, 0.2) is 0 Å². The van der Waals surface area contributed by atoms with Crippen molar-refractivity contribution in [3.05, 3.63) is 23.9 Å². The van der Waals surface area contributed by atoms with Crippen LogP contribution < -0.4 is 0 Å². The van der Waals surface area contributed by atoms with E-state index in [1.807, 2.05) is 0 Å². The zero-order chi connectivity index (χ0) is 13.8. The molecule has 1 aromatic rings. The molecule has 0 N–H and O–H groups in total. The van der Waals surface area contributed by atoms with Gasteiger partial charge in [-0.25, -0.2) is 4.98 Å². The fraction of sp³-hybridized carbons (Fsp3) is 0.455. The highest BCUT2D eigenvalue weighted by Crippen LogP contribution is 2.30. The normalized spacial score (nSPS) is 13.2. The molecule has 18 heavy (non-hydrogen) atoms. The molecule has 1 atom stereocenters. The molecule has 3 nitrogen and oxygen atoms in total. The summed E-state index contributed by atoms with van der Waals surface area (Å²) in [5.74, 6) is -0.413. The van der Waals surface area contributed by atoms with Crippen molar-refractivity contribution in [3.63, 3.8) is 0 Å². The second-order valence-corrected chi connectivity index (χ2v) is 4.76. The minimum Gasteiger partial charge on any atom is -0.465 e. The van der Waals surface area contributed by atoms with Gasteiger partial charge in [-0.15, -0.1) is 0 Å². The van der Waals surface area contributed by atoms with Crippen LogP contribution in [0.4, 0.5) is 13.2 Å². The van der Waals surface area contributed by atoms with Gasteiger partial charge in [-0.05, 0) is 26.0 Å². The van der Waals surface area contributed by atoms with Gasteiger partial charge in [-0.2, -0.15) is 13.2 Å². The van der Waals surface area contributed by atoms with Gasteiger partial charge in [0.2, 0.25) is 0 Å². The number of hydrogen-bond acceptors (Lipinski definition) is 4. The second-order valence-electron chi connectivity index (χ2n) is 3.39. The highest BCUT2D eigenvalue weighted by Gasteiger charge is 2.30. The first kappa shape index (κ1) is 14.8. The van der Waals surface area contributed by atoms with Crippen LogP contribution in [0.3, 0.4) is 0 Å². The number of nitrogens with zero attached hydrogens (tertiary/aromatic N) is 1. The number of carbonyl (C=O) groups is 1. The van der Waals surface area contributed by atoms with Gasteiger partial charge < -0.3 is 4.74 Å². The van der Waals surface area contributed by atoms with Gasteiger partial charge in [-0.3, -0.25) is 4.79 Å². The first-order valence-corrected chi connectivity index (χ1v) is 6.09. The van der Waals surface area contributed by atoms with E-state index in [9.17, 15) is 18.0 Å². The van der Waals surface area contributed by atoms with Gasteiger partial charge >= 0.3 is 12.1 Å². The summed E-state index contributed by atoms with van der Waals surface area (Å²) in [5, 5.41) is -0.155. The number of esters is 1. The first-order chi connectivity index (χ1) is 8.34. The number of ether oxygens (including phenoxy) is 1. The van der Waals surface area contributed by atoms with Gasteiger partial charge in [0.25, 0.3) is 0 Å². The lowest BCUT2D eigenvalue weighted by molar-refractivity contribution is -0.142. The van der Waals surface area contributed by atoms with E-state index in [2.05, 4.69) is 4.98 Å². The summed E-state index contributed by atoms with van der Waals surface area (Å²) < 4.78 is 41.7. The van der Waals surface area contributed by atoms with Crippen molar-refractivity contribution >= 4 is 17.7 Å². The number of hydrogen-bond donors (Lipinski definition) is 0. The minimum absolute atomic E-state index is 0.268. The maximum Gasteiger partial charge on any atom is 0.417 e. The van der Waals surface area contributed by atoms with Gasteiger partial charge in [0.1, 0.15) is 5.25 Å². The Balaban J connectivity index is 2.67. The molecule has 100 valence electrons. The molecule has 0 amide bonds. The van der Waals surface area contributed by atoms with E-state index < -0.39 is 23.0 Å². The third-order valence-corrected chi connectivity index (χ3v) is 3.01. The van der Waals surface area contributed by atoms with Crippen LogP contribution in [-0.2, 0) is 15.7 Å². The molecule has 0 aromatic carbocycles. The highest BCUT2D eigenvalue weighted by molar-refractivity contribution is 8.00. The molecule has 0 saturated carbocycles. The van der Waals surface area contributed by atoms with Crippen LogP contribution in [0.25, 0.3) is 0 Å². The third kappa shape index (κ3) is 4.21. The smallest absolute Gasteiger partial charge is 0.417 e. The maximum absolute atomic E-state index is 12.3. The lowest BCUT2D eigenvalue weighted by atomic mass is 10.3. The number of aromatic nitrogens is 1. The van der Waals surface area contributed by atoms with E-state index in [0.29, 0.717) is 5.03 Å². The van der Waals surface area contributed by atoms with Crippen molar-refractivity contribution in [2.24, 2.45) is 0 Å². The summed E-state index contributed by atoms with van der Waals surface area (Å²) in [6.45, 7) is 3.57. The van der Waals surface area contributed by atoms with Crippen LogP contribution in [-0.4, -0.2) is 22.8 Å². The number of pyridine rings is 1. The van der Waals surface area contributed by atoms with Crippen molar-refractivity contribution in [2.75, 3.05) is 6.61 Å². The molecule has 1 aromatic heterocycles. The molecule has 0 radical (unpaired) electrons. The molecule has 0 saturated heterocycles. The Labute approximate surface area is 107 Å². The Bertz CT molecular complexity index is 406. The topological polar surface area (TPSA) is 39.2 Å². The van der Waals surface area contributed by atoms with E-state index in [1.54, 1.807) is 13.8 Å². The molecule has 0 spiro atoms. The number of halogens is 3. The summed E-state index contributed by atoms with van der Waals surface area (Å²) in [4.78, 5) is 15.0. The van der Waals surface area contributed by atoms with Crippen LogP contribution in [0.2, 0.25) is 0 Å². The predicted molar refractivity (Wildman–Crippen MR) is 61.2 cm³/mol. The number of thioether (sulfide) groups is 1. The Hall–Kier alpha value is -1.24. The Morgan fingerprint density at radius 3 is 2.61 bits per heavy atom. The van der Waals surface area contributed by atoms with E-state index in [-0.39, 0.29) is 6.61 Å². The highest BCUT2D eigenvalue weighted by atomic mass is 32.2. The molecule has 0 aliphatic rings. The summed E-state index contributed by atoms with van der Waals surface area (Å²) in [6.07, 6.45) is -3.65. The largest absolute Gasteiger partial charge is 0.465 e. The SMILES string of the molecule is CCOC(=O)C(C)Sc1ccc(C(F)(F)F)cn1. The molecule has 0 fully saturated rings. The van der Waals surface area contributed by atoms with Crippen LogP contribution in [0.15, 0.2) is 23.4 Å². The summed E-state index contributed by atoms with van der Waals surface area (Å²) in [7, 11) is 0. The molecule has 0 bridgehead atoms. The number of alkyl halides is 3. The van der Waals surface area contributed by atoms with E-state index in [0.717, 1.165) is 24.0 Å². The average Bonchev–Trinajstić information content (AvgIpc) is 2.28. The van der Waals surface area contributed by atoms with Crippen molar-refractivity contribution in [1.82, 2.24) is 4.98 Å². The van der Waals surface area contributed by atoms with E-state index in [4.69, 9.17) is 4.74 Å². The lowest BCUT2D eigenvalue weighted by Crippen LogP contribution is -2.16. The second kappa shape index (κ2) is 6.08. The van der Waals surface area contributed by atoms with Crippen molar-refractivity contribution in [3.8, 4) is 0 Å². The molecule has 0 aliphatic carbocycles. The van der Waals surface area contributed by atoms with Crippen LogP contribution in [0.1, 0.15) is 19.4 Å². The summed E-state index contributed by atoms with van der Waals surface area (Å²) in [6, 6.07) is 2.18. The predicted octanol–water partition coefficient (Wildman–Crippen LogP) is 3.14. The minimum atomic E-state index is -4.40. The summed E-state index contributed by atoms with van der Waals surface area (Å²) in [5.41, 5.74) is -0.810. The number of rotatable bonds is 4. The van der Waals surface area contributed by atoms with Crippen LogP contribution in [0, 0.1) is 0 Å². The fourth-order valence-corrected chi connectivity index (χ4v) is 1.89. The van der Waals surface area contributed by atoms with E-state index in [1.165, 1.54) is 6.07 Å². The Morgan fingerprint density at radius 2 is 2.17 bits per heavy atom. The van der Waals surface area contributed by atoms with Gasteiger partial charge in [0, 0.05) is 6.20 Å². The Kier molecular flexibility index (Phi) is 5.01. The molecule has 0 aliphatic heterocycles. The van der Waals surface area contributed by atoms with Crippen molar-refractivity contribution < 1.29 is 22.7 Å². The molecule has 1 heterocycles. The monoisotopic (exact) mass is 279 g/mol. The van der Waals surface area contributed by atoms with Gasteiger partial charge in [0.05, 0.1) is 17.2 Å². The summed E-state index contributed by atoms with van der Waals surface area (Å²) >= 11 is 1.06. The average molecular weight is 279 g/mol. The van der Waals surface area contributed by atoms with Gasteiger partial charge in [-0.1, -0.05) is 11.8 Å². The first-order valence-electron chi connectivity index (χ1n) is 5.21. The number of carbonyl (C=O) groups excluding carboxylic acids is 1. The molecular formula is C11H12F3NO2S. The molecule has 1 rings (SSSR count). The maximum atomic E-state index is 12.3.